The van der Waals surface area contributed by atoms with Gasteiger partial charge in [-0.3, -0.25) is 9.36 Å². The topological polar surface area (TPSA) is 118 Å². The van der Waals surface area contributed by atoms with E-state index < -0.39 is 12.0 Å². The standard InChI is InChI=1S/C30H32N2O8S/c1-7-12-40-20-11-10-19(16-21(20)38-8-2)26-25(29(35)39-9-3)17(4)31-30-32(26)28(34)24(41-30)15-18-13-22(36-5)27(33)23(14-18)37-6/h7,10-11,13-16,26,33H,1,8-9,12H2,2-6H3/b24-15-/t26-/m0/s1. The van der Waals surface area contributed by atoms with Gasteiger partial charge in [0.1, 0.15) is 6.61 Å². The first-order valence-corrected chi connectivity index (χ1v) is 13.7. The number of methoxy groups -OCH3 is 2. The zero-order valence-corrected chi connectivity index (χ0v) is 24.4. The monoisotopic (exact) mass is 580 g/mol. The highest BCUT2D eigenvalue weighted by atomic mass is 32.1. The first-order valence-electron chi connectivity index (χ1n) is 12.9. The Balaban J connectivity index is 1.95. The third-order valence-electron chi connectivity index (χ3n) is 6.26. The molecule has 0 bridgehead atoms. The van der Waals surface area contributed by atoms with Gasteiger partial charge in [0.05, 0.1) is 49.3 Å². The molecule has 41 heavy (non-hydrogen) atoms. The van der Waals surface area contributed by atoms with Crippen molar-refractivity contribution >= 4 is 23.4 Å². The van der Waals surface area contributed by atoms with Crippen LogP contribution in [0.25, 0.3) is 6.08 Å². The fourth-order valence-corrected chi connectivity index (χ4v) is 5.53. The summed E-state index contributed by atoms with van der Waals surface area (Å²) >= 11 is 1.18. The lowest BCUT2D eigenvalue weighted by Gasteiger charge is -2.25. The number of carbonyl (C=O) groups is 1. The van der Waals surface area contributed by atoms with E-state index in [1.165, 1.54) is 30.1 Å². The molecule has 216 valence electrons. The van der Waals surface area contributed by atoms with Gasteiger partial charge in [-0.05, 0) is 62.2 Å². The maximum atomic E-state index is 14.0. The van der Waals surface area contributed by atoms with Crippen molar-refractivity contribution in [3.63, 3.8) is 0 Å². The van der Waals surface area contributed by atoms with Crippen LogP contribution >= 0.6 is 11.3 Å². The number of hydrogen-bond acceptors (Lipinski definition) is 10. The first-order chi connectivity index (χ1) is 19.8. The molecule has 3 aromatic rings. The van der Waals surface area contributed by atoms with Crippen molar-refractivity contribution < 1.29 is 33.6 Å². The van der Waals surface area contributed by atoms with Gasteiger partial charge in [-0.15, -0.1) is 0 Å². The van der Waals surface area contributed by atoms with Gasteiger partial charge in [-0.25, -0.2) is 9.79 Å². The number of allylic oxidation sites excluding steroid dienone is 1. The maximum Gasteiger partial charge on any atom is 0.338 e. The number of aromatic nitrogens is 1. The second-order valence-electron chi connectivity index (χ2n) is 8.82. The van der Waals surface area contributed by atoms with E-state index in [2.05, 4.69) is 11.6 Å². The molecule has 0 radical (unpaired) electrons. The van der Waals surface area contributed by atoms with Crippen LogP contribution in [0.15, 0.2) is 64.0 Å². The Morgan fingerprint density at radius 1 is 1.07 bits per heavy atom. The van der Waals surface area contributed by atoms with Crippen molar-refractivity contribution in [2.45, 2.75) is 26.8 Å². The Bertz CT molecular complexity index is 1660. The molecule has 1 aromatic heterocycles. The van der Waals surface area contributed by atoms with Crippen LogP contribution in [0.4, 0.5) is 0 Å². The van der Waals surface area contributed by atoms with Crippen LogP contribution in [-0.4, -0.2) is 49.7 Å². The number of phenolic OH excluding ortho intramolecular Hbond substituents is 1. The lowest BCUT2D eigenvalue weighted by molar-refractivity contribution is -0.139. The van der Waals surface area contributed by atoms with E-state index in [1.54, 1.807) is 56.3 Å². The van der Waals surface area contributed by atoms with Crippen molar-refractivity contribution in [3.05, 3.63) is 85.1 Å². The van der Waals surface area contributed by atoms with Gasteiger partial charge in [0.15, 0.2) is 27.8 Å². The van der Waals surface area contributed by atoms with Crippen LogP contribution in [0.2, 0.25) is 0 Å². The smallest absolute Gasteiger partial charge is 0.338 e. The summed E-state index contributed by atoms with van der Waals surface area (Å²) in [7, 11) is 2.85. The van der Waals surface area contributed by atoms with Crippen molar-refractivity contribution in [1.29, 1.82) is 0 Å². The van der Waals surface area contributed by atoms with Crippen molar-refractivity contribution in [2.75, 3.05) is 34.0 Å². The van der Waals surface area contributed by atoms with Crippen molar-refractivity contribution in [1.82, 2.24) is 4.57 Å². The van der Waals surface area contributed by atoms with Crippen LogP contribution < -0.4 is 33.8 Å². The van der Waals surface area contributed by atoms with Gasteiger partial charge in [0.2, 0.25) is 5.75 Å². The minimum atomic E-state index is -0.830. The molecule has 4 rings (SSSR count). The predicted molar refractivity (Wildman–Crippen MR) is 155 cm³/mol. The molecule has 0 aliphatic carbocycles. The zero-order chi connectivity index (χ0) is 29.7. The summed E-state index contributed by atoms with van der Waals surface area (Å²) in [5.41, 5.74) is 1.53. The predicted octanol–water partition coefficient (Wildman–Crippen LogP) is 3.48. The Hall–Kier alpha value is -4.51. The minimum absolute atomic E-state index is 0.145. The SMILES string of the molecule is C=CCOc1ccc([C@H]2C(C(=O)OCC)=C(C)N=c3s/c(=C\c4cc(OC)c(O)c(OC)c4)c(=O)n32)cc1OCC. The number of hydrogen-bond donors (Lipinski definition) is 1. The molecule has 0 saturated heterocycles. The van der Waals surface area contributed by atoms with Gasteiger partial charge in [-0.1, -0.05) is 30.1 Å². The number of nitrogens with zero attached hydrogens (tertiary/aromatic N) is 2. The van der Waals surface area contributed by atoms with E-state index in [0.29, 0.717) is 44.3 Å². The number of thiazole rings is 1. The molecule has 0 saturated carbocycles. The molecule has 10 nitrogen and oxygen atoms in total. The summed E-state index contributed by atoms with van der Waals surface area (Å²) in [5.74, 6) is 0.666. The molecular formula is C30H32N2O8S. The van der Waals surface area contributed by atoms with Crippen molar-refractivity contribution in [2.24, 2.45) is 4.99 Å². The molecule has 0 fully saturated rings. The van der Waals surface area contributed by atoms with E-state index in [-0.39, 0.29) is 41.6 Å². The molecule has 0 amide bonds. The molecule has 11 heteroatoms. The lowest BCUT2D eigenvalue weighted by Crippen LogP contribution is -2.40. The molecule has 0 spiro atoms. The maximum absolute atomic E-state index is 14.0. The molecule has 2 heterocycles. The Labute approximate surface area is 241 Å². The normalized spacial score (nSPS) is 14.7. The summed E-state index contributed by atoms with van der Waals surface area (Å²) in [6, 6.07) is 7.66. The first kappa shape index (κ1) is 29.5. The lowest BCUT2D eigenvalue weighted by atomic mass is 9.95. The Morgan fingerprint density at radius 3 is 2.39 bits per heavy atom. The highest BCUT2D eigenvalue weighted by molar-refractivity contribution is 7.07. The number of esters is 1. The van der Waals surface area contributed by atoms with Gasteiger partial charge in [0.25, 0.3) is 5.56 Å². The summed E-state index contributed by atoms with van der Waals surface area (Å²) in [6.45, 7) is 9.82. The number of carbonyl (C=O) groups excluding carboxylic acids is 1. The number of aromatic hydroxyl groups is 1. The van der Waals surface area contributed by atoms with Crippen LogP contribution in [0.5, 0.6) is 28.7 Å². The summed E-state index contributed by atoms with van der Waals surface area (Å²) < 4.78 is 29.3. The van der Waals surface area contributed by atoms with Crippen LogP contribution in [0, 0.1) is 0 Å². The molecule has 2 aromatic carbocycles. The van der Waals surface area contributed by atoms with Crippen LogP contribution in [-0.2, 0) is 9.53 Å². The molecule has 1 aliphatic rings. The summed E-state index contributed by atoms with van der Waals surface area (Å²) in [5, 5.41) is 10.3. The summed E-state index contributed by atoms with van der Waals surface area (Å²) in [6.07, 6.45) is 3.29. The average Bonchev–Trinajstić information content (AvgIpc) is 3.26. The Morgan fingerprint density at radius 2 is 1.78 bits per heavy atom. The molecule has 1 atom stereocenters. The third-order valence-corrected chi connectivity index (χ3v) is 7.24. The number of rotatable bonds is 11. The number of fused-ring (bicyclic) bond motifs is 1. The third kappa shape index (κ3) is 5.85. The Kier molecular flexibility index (Phi) is 9.18. The largest absolute Gasteiger partial charge is 0.502 e. The minimum Gasteiger partial charge on any atom is -0.502 e. The molecule has 0 unspecified atom stereocenters. The van der Waals surface area contributed by atoms with E-state index in [1.807, 2.05) is 6.92 Å². The molecule has 1 N–H and O–H groups in total. The number of benzene rings is 2. The fourth-order valence-electron chi connectivity index (χ4n) is 4.49. The van der Waals surface area contributed by atoms with Crippen LogP contribution in [0.3, 0.4) is 0 Å². The van der Waals surface area contributed by atoms with Gasteiger partial charge >= 0.3 is 5.97 Å². The van der Waals surface area contributed by atoms with E-state index >= 15 is 0 Å². The average molecular weight is 581 g/mol. The van der Waals surface area contributed by atoms with Crippen molar-refractivity contribution in [3.8, 4) is 28.7 Å². The highest BCUT2D eigenvalue weighted by Crippen LogP contribution is 2.38. The van der Waals surface area contributed by atoms with Gasteiger partial charge < -0.3 is 28.8 Å². The van der Waals surface area contributed by atoms with E-state index in [9.17, 15) is 14.7 Å². The zero-order valence-electron chi connectivity index (χ0n) is 23.6. The fraction of sp³-hybridized carbons (Fsp3) is 0.300. The second-order valence-corrected chi connectivity index (χ2v) is 9.82. The molecular weight excluding hydrogens is 548 g/mol. The van der Waals surface area contributed by atoms with E-state index in [0.717, 1.165) is 0 Å². The number of phenols is 1. The highest BCUT2D eigenvalue weighted by Gasteiger charge is 2.34. The quantitative estimate of drug-likeness (QED) is 0.271. The van der Waals surface area contributed by atoms with Gasteiger partial charge in [0, 0.05) is 0 Å². The van der Waals surface area contributed by atoms with Gasteiger partial charge in [-0.2, -0.15) is 0 Å². The number of ether oxygens (including phenoxy) is 5. The summed E-state index contributed by atoms with van der Waals surface area (Å²) in [4.78, 5) is 32.2. The van der Waals surface area contributed by atoms with E-state index in [4.69, 9.17) is 23.7 Å². The van der Waals surface area contributed by atoms with Crippen LogP contribution in [0.1, 0.15) is 37.9 Å². The molecule has 1 aliphatic heterocycles. The second kappa shape index (κ2) is 12.8.